The Hall–Kier alpha value is -2.64. The van der Waals surface area contributed by atoms with Crippen molar-refractivity contribution in [3.63, 3.8) is 0 Å². The molecule has 1 atom stereocenters. The second kappa shape index (κ2) is 11.0. The zero-order valence-electron chi connectivity index (χ0n) is 19.4. The lowest BCUT2D eigenvalue weighted by atomic mass is 10.0. The van der Waals surface area contributed by atoms with E-state index in [1.807, 2.05) is 0 Å². The van der Waals surface area contributed by atoms with E-state index in [1.165, 1.54) is 8.99 Å². The SMILES string of the molecule is Cc1c(NC[C@H]2CCCOC2)cnn(C2CCN(S(=O)(=O)c3ccc(OC(F)F)cn3)CC2)c1=O. The molecule has 2 aliphatic heterocycles. The van der Waals surface area contributed by atoms with Gasteiger partial charge in [-0.2, -0.15) is 18.2 Å². The van der Waals surface area contributed by atoms with E-state index >= 15 is 0 Å². The number of sulfonamides is 1. The molecule has 13 heteroatoms. The first-order valence-corrected chi connectivity index (χ1v) is 13.0. The number of piperidine rings is 1. The molecule has 2 aliphatic rings. The van der Waals surface area contributed by atoms with Crippen molar-refractivity contribution in [2.45, 2.75) is 50.3 Å². The molecule has 2 aromatic rings. The normalized spacial score (nSPS) is 20.2. The fraction of sp³-hybridized carbons (Fsp3) is 0.591. The summed E-state index contributed by atoms with van der Waals surface area (Å²) in [6.45, 7) is 1.32. The van der Waals surface area contributed by atoms with Crippen molar-refractivity contribution in [1.29, 1.82) is 0 Å². The third-order valence-corrected chi connectivity index (χ3v) is 8.20. The summed E-state index contributed by atoms with van der Waals surface area (Å²) in [5, 5.41) is 7.42. The van der Waals surface area contributed by atoms with Crippen LogP contribution in [0.15, 0.2) is 34.3 Å². The first-order chi connectivity index (χ1) is 16.8. The Labute approximate surface area is 202 Å². The first kappa shape index (κ1) is 25.5. The van der Waals surface area contributed by atoms with Gasteiger partial charge in [-0.15, -0.1) is 0 Å². The van der Waals surface area contributed by atoms with E-state index in [-0.39, 0.29) is 35.5 Å². The number of hydrogen-bond acceptors (Lipinski definition) is 8. The molecule has 0 bridgehead atoms. The summed E-state index contributed by atoms with van der Waals surface area (Å²) in [5.74, 6) is 0.183. The molecule has 0 aliphatic carbocycles. The van der Waals surface area contributed by atoms with Gasteiger partial charge in [-0.25, -0.2) is 18.1 Å². The Balaban J connectivity index is 1.38. The summed E-state index contributed by atoms with van der Waals surface area (Å²) in [7, 11) is -3.90. The van der Waals surface area contributed by atoms with Crippen LogP contribution in [0.2, 0.25) is 0 Å². The minimum Gasteiger partial charge on any atom is -0.433 e. The van der Waals surface area contributed by atoms with Crippen molar-refractivity contribution >= 4 is 15.7 Å². The van der Waals surface area contributed by atoms with Crippen LogP contribution in [0.25, 0.3) is 0 Å². The molecule has 0 unspecified atom stereocenters. The molecular formula is C22H29F2N5O5S. The molecular weight excluding hydrogens is 484 g/mol. The first-order valence-electron chi connectivity index (χ1n) is 11.6. The summed E-state index contributed by atoms with van der Waals surface area (Å²) >= 11 is 0. The summed E-state index contributed by atoms with van der Waals surface area (Å²) in [6.07, 6.45) is 5.54. The second-order valence-corrected chi connectivity index (χ2v) is 10.6. The number of rotatable bonds is 8. The van der Waals surface area contributed by atoms with Crippen molar-refractivity contribution in [3.8, 4) is 5.75 Å². The van der Waals surface area contributed by atoms with Crippen molar-refractivity contribution < 1.29 is 26.7 Å². The van der Waals surface area contributed by atoms with Crippen LogP contribution in [0, 0.1) is 12.8 Å². The Kier molecular flexibility index (Phi) is 7.97. The molecule has 2 saturated heterocycles. The van der Waals surface area contributed by atoms with E-state index in [9.17, 15) is 22.0 Å². The van der Waals surface area contributed by atoms with Crippen LogP contribution in [-0.4, -0.2) is 66.9 Å². The summed E-state index contributed by atoms with van der Waals surface area (Å²) in [5.41, 5.74) is 1.07. The van der Waals surface area contributed by atoms with Crippen LogP contribution in [0.1, 0.15) is 37.3 Å². The van der Waals surface area contributed by atoms with Crippen molar-refractivity contribution in [2.75, 3.05) is 38.2 Å². The molecule has 192 valence electrons. The lowest BCUT2D eigenvalue weighted by Crippen LogP contribution is -2.42. The summed E-state index contributed by atoms with van der Waals surface area (Å²) in [4.78, 5) is 16.7. The van der Waals surface area contributed by atoms with E-state index in [0.29, 0.717) is 43.2 Å². The van der Waals surface area contributed by atoms with Gasteiger partial charge in [0.05, 0.1) is 30.7 Å². The van der Waals surface area contributed by atoms with Crippen molar-refractivity contribution in [2.24, 2.45) is 5.92 Å². The number of nitrogens with one attached hydrogen (secondary N) is 1. The second-order valence-electron chi connectivity index (χ2n) is 8.74. The Morgan fingerprint density at radius 2 is 2.00 bits per heavy atom. The summed E-state index contributed by atoms with van der Waals surface area (Å²) in [6, 6.07) is 2.05. The number of nitrogens with zero attached hydrogens (tertiary/aromatic N) is 4. The highest BCUT2D eigenvalue weighted by atomic mass is 32.2. The van der Waals surface area contributed by atoms with Gasteiger partial charge in [0, 0.05) is 31.8 Å². The molecule has 0 spiro atoms. The Morgan fingerprint density at radius 3 is 2.63 bits per heavy atom. The summed E-state index contributed by atoms with van der Waals surface area (Å²) < 4.78 is 62.8. The topological polar surface area (TPSA) is 116 Å². The minimum absolute atomic E-state index is 0.179. The van der Waals surface area contributed by atoms with Gasteiger partial charge in [-0.3, -0.25) is 4.79 Å². The van der Waals surface area contributed by atoms with E-state index in [2.05, 4.69) is 20.1 Å². The lowest BCUT2D eigenvalue weighted by molar-refractivity contribution is -0.0501. The van der Waals surface area contributed by atoms with Crippen molar-refractivity contribution in [3.05, 3.63) is 40.4 Å². The largest absolute Gasteiger partial charge is 0.433 e. The third-order valence-electron chi connectivity index (χ3n) is 6.39. The predicted molar refractivity (Wildman–Crippen MR) is 123 cm³/mol. The van der Waals surface area contributed by atoms with Gasteiger partial charge in [-0.1, -0.05) is 0 Å². The van der Waals surface area contributed by atoms with Crippen LogP contribution in [0.5, 0.6) is 5.75 Å². The van der Waals surface area contributed by atoms with Gasteiger partial charge in [0.25, 0.3) is 15.6 Å². The molecule has 0 amide bonds. The maximum absolute atomic E-state index is 13.0. The number of halogens is 2. The molecule has 10 nitrogen and oxygen atoms in total. The zero-order valence-corrected chi connectivity index (χ0v) is 20.2. The minimum atomic E-state index is -3.90. The molecule has 1 N–H and O–H groups in total. The van der Waals surface area contributed by atoms with Crippen LogP contribution in [0.3, 0.4) is 0 Å². The smallest absolute Gasteiger partial charge is 0.387 e. The van der Waals surface area contributed by atoms with Gasteiger partial charge < -0.3 is 14.8 Å². The van der Waals surface area contributed by atoms with Gasteiger partial charge >= 0.3 is 6.61 Å². The van der Waals surface area contributed by atoms with Crippen LogP contribution < -0.4 is 15.6 Å². The third kappa shape index (κ3) is 5.96. The molecule has 2 aromatic heterocycles. The quantitative estimate of drug-likeness (QED) is 0.572. The highest BCUT2D eigenvalue weighted by Crippen LogP contribution is 2.26. The number of aromatic nitrogens is 3. The van der Waals surface area contributed by atoms with E-state index in [1.54, 1.807) is 13.1 Å². The van der Waals surface area contributed by atoms with E-state index < -0.39 is 16.6 Å². The lowest BCUT2D eigenvalue weighted by Gasteiger charge is -2.31. The van der Waals surface area contributed by atoms with E-state index in [0.717, 1.165) is 37.8 Å². The monoisotopic (exact) mass is 513 g/mol. The fourth-order valence-corrected chi connectivity index (χ4v) is 5.75. The number of anilines is 1. The number of hydrogen-bond donors (Lipinski definition) is 1. The van der Waals surface area contributed by atoms with Gasteiger partial charge in [0.2, 0.25) is 0 Å². The fourth-order valence-electron chi connectivity index (χ4n) is 4.37. The van der Waals surface area contributed by atoms with Gasteiger partial charge in [0.15, 0.2) is 5.03 Å². The number of pyridine rings is 1. The predicted octanol–water partition coefficient (Wildman–Crippen LogP) is 2.41. The van der Waals surface area contributed by atoms with Crippen LogP contribution in [-0.2, 0) is 14.8 Å². The average molecular weight is 514 g/mol. The number of alkyl halides is 2. The Morgan fingerprint density at radius 1 is 1.23 bits per heavy atom. The maximum Gasteiger partial charge on any atom is 0.387 e. The maximum atomic E-state index is 13.0. The highest BCUT2D eigenvalue weighted by Gasteiger charge is 2.32. The van der Waals surface area contributed by atoms with Crippen molar-refractivity contribution in [1.82, 2.24) is 19.1 Å². The van der Waals surface area contributed by atoms with Gasteiger partial charge in [-0.05, 0) is 50.7 Å². The molecule has 4 rings (SSSR count). The average Bonchev–Trinajstić information content (AvgIpc) is 2.86. The number of ether oxygens (including phenoxy) is 2. The van der Waals surface area contributed by atoms with Crippen LogP contribution >= 0.6 is 0 Å². The standard InChI is InChI=1S/C22H29F2N5O5S/c1-15-19(25-11-16-3-2-10-33-14-16)13-27-29(21(15)30)17-6-8-28(9-7-17)35(31,32)20-5-4-18(12-26-20)34-22(23)24/h4-5,12-13,16-17,22,25H,2-3,6-11,14H2,1H3/t16-/m1/s1. The molecule has 2 fully saturated rings. The van der Waals surface area contributed by atoms with Gasteiger partial charge in [0.1, 0.15) is 5.75 Å². The van der Waals surface area contributed by atoms with E-state index in [4.69, 9.17) is 4.74 Å². The highest BCUT2D eigenvalue weighted by molar-refractivity contribution is 7.89. The molecule has 4 heterocycles. The molecule has 0 saturated carbocycles. The molecule has 35 heavy (non-hydrogen) atoms. The van der Waals surface area contributed by atoms with Crippen LogP contribution in [0.4, 0.5) is 14.5 Å². The Bertz CT molecular complexity index is 1160. The zero-order chi connectivity index (χ0) is 25.0. The molecule has 0 aromatic carbocycles. The molecule has 0 radical (unpaired) electrons.